The van der Waals surface area contributed by atoms with Crippen LogP contribution in [0.25, 0.3) is 0 Å². The Morgan fingerprint density at radius 2 is 1.90 bits per heavy atom. The maximum Gasteiger partial charge on any atom is 0.124 e. The highest BCUT2D eigenvalue weighted by Gasteiger charge is 2.27. The third kappa shape index (κ3) is 3.53. The Kier molecular flexibility index (Phi) is 5.44. The standard InChI is InChI=1S/C17H28N2O/c1-4-20-17-11-6-5-10-15(17)16(18)12-19-13(2)8-7-9-14(19)3/h5-6,10-11,13-14,16H,4,7-9,12,18H2,1-3H3. The zero-order chi connectivity index (χ0) is 14.5. The monoisotopic (exact) mass is 276 g/mol. The van der Waals surface area contributed by atoms with E-state index < -0.39 is 0 Å². The van der Waals surface area contributed by atoms with Crippen LogP contribution in [-0.2, 0) is 0 Å². The van der Waals surface area contributed by atoms with Crippen LogP contribution >= 0.6 is 0 Å². The summed E-state index contributed by atoms with van der Waals surface area (Å²) in [5, 5.41) is 0. The van der Waals surface area contributed by atoms with E-state index in [9.17, 15) is 0 Å². The molecule has 3 heteroatoms. The number of hydrogen-bond acceptors (Lipinski definition) is 3. The molecule has 2 N–H and O–H groups in total. The van der Waals surface area contributed by atoms with Crippen LogP contribution in [0, 0.1) is 0 Å². The summed E-state index contributed by atoms with van der Waals surface area (Å²) in [4.78, 5) is 2.55. The molecule has 20 heavy (non-hydrogen) atoms. The molecule has 112 valence electrons. The number of para-hydroxylation sites is 1. The van der Waals surface area contributed by atoms with E-state index in [1.807, 2.05) is 25.1 Å². The summed E-state index contributed by atoms with van der Waals surface area (Å²) in [5.41, 5.74) is 7.58. The molecule has 1 aromatic rings. The molecule has 2 rings (SSSR count). The van der Waals surface area contributed by atoms with Crippen LogP contribution < -0.4 is 10.5 Å². The number of hydrogen-bond donors (Lipinski definition) is 1. The number of likely N-dealkylation sites (tertiary alicyclic amines) is 1. The van der Waals surface area contributed by atoms with Crippen LogP contribution in [0.15, 0.2) is 24.3 Å². The number of rotatable bonds is 5. The van der Waals surface area contributed by atoms with E-state index in [2.05, 4.69) is 24.8 Å². The Balaban J connectivity index is 2.09. The third-order valence-electron chi connectivity index (χ3n) is 4.40. The van der Waals surface area contributed by atoms with Gasteiger partial charge in [0.25, 0.3) is 0 Å². The van der Waals surface area contributed by atoms with Crippen molar-refractivity contribution < 1.29 is 4.74 Å². The van der Waals surface area contributed by atoms with Gasteiger partial charge in [-0.15, -0.1) is 0 Å². The number of nitrogens with two attached hydrogens (primary N) is 1. The van der Waals surface area contributed by atoms with E-state index in [1.165, 1.54) is 19.3 Å². The van der Waals surface area contributed by atoms with Crippen LogP contribution in [-0.4, -0.2) is 30.1 Å². The van der Waals surface area contributed by atoms with Crippen LogP contribution in [0.1, 0.15) is 51.6 Å². The number of piperidine rings is 1. The molecular formula is C17H28N2O. The number of ether oxygens (including phenoxy) is 1. The molecule has 3 nitrogen and oxygen atoms in total. The molecule has 0 spiro atoms. The van der Waals surface area contributed by atoms with E-state index >= 15 is 0 Å². The van der Waals surface area contributed by atoms with Crippen molar-refractivity contribution in [3.63, 3.8) is 0 Å². The lowest BCUT2D eigenvalue weighted by Crippen LogP contribution is -2.46. The average Bonchev–Trinajstić information content (AvgIpc) is 2.44. The predicted molar refractivity (Wildman–Crippen MR) is 84.0 cm³/mol. The Bertz CT molecular complexity index is 411. The third-order valence-corrected chi connectivity index (χ3v) is 4.40. The van der Waals surface area contributed by atoms with Gasteiger partial charge in [0, 0.05) is 30.2 Å². The van der Waals surface area contributed by atoms with E-state index in [4.69, 9.17) is 10.5 Å². The first-order valence-electron chi connectivity index (χ1n) is 7.86. The first-order chi connectivity index (χ1) is 9.63. The smallest absolute Gasteiger partial charge is 0.124 e. The maximum absolute atomic E-state index is 6.46. The van der Waals surface area contributed by atoms with Gasteiger partial charge in [-0.3, -0.25) is 4.90 Å². The minimum atomic E-state index is 0.0146. The van der Waals surface area contributed by atoms with Crippen LogP contribution in [0.3, 0.4) is 0 Å². The fraction of sp³-hybridized carbons (Fsp3) is 0.647. The normalized spacial score (nSPS) is 25.4. The summed E-state index contributed by atoms with van der Waals surface area (Å²) in [6, 6.07) is 9.43. The Hall–Kier alpha value is -1.06. The molecule has 0 amide bonds. The lowest BCUT2D eigenvalue weighted by atomic mass is 9.95. The zero-order valence-corrected chi connectivity index (χ0v) is 13.0. The molecule has 1 aliphatic heterocycles. The van der Waals surface area contributed by atoms with Crippen molar-refractivity contribution in [3.05, 3.63) is 29.8 Å². The van der Waals surface area contributed by atoms with E-state index in [1.54, 1.807) is 0 Å². The number of nitrogens with zero attached hydrogens (tertiary/aromatic N) is 1. The molecule has 0 radical (unpaired) electrons. The fourth-order valence-electron chi connectivity index (χ4n) is 3.23. The zero-order valence-electron chi connectivity index (χ0n) is 13.0. The summed E-state index contributed by atoms with van der Waals surface area (Å²) in [6.07, 6.45) is 3.90. The van der Waals surface area contributed by atoms with E-state index in [-0.39, 0.29) is 6.04 Å². The fourth-order valence-corrected chi connectivity index (χ4v) is 3.23. The summed E-state index contributed by atoms with van der Waals surface area (Å²) >= 11 is 0. The van der Waals surface area contributed by atoms with Gasteiger partial charge in [-0.2, -0.15) is 0 Å². The van der Waals surface area contributed by atoms with Crippen molar-refractivity contribution in [1.82, 2.24) is 4.90 Å². The Morgan fingerprint density at radius 3 is 2.55 bits per heavy atom. The van der Waals surface area contributed by atoms with Gasteiger partial charge in [0.05, 0.1) is 6.61 Å². The summed E-state index contributed by atoms with van der Waals surface area (Å²) in [6.45, 7) is 8.23. The molecule has 3 atom stereocenters. The van der Waals surface area contributed by atoms with Crippen LogP contribution in [0.5, 0.6) is 5.75 Å². The molecule has 3 unspecified atom stereocenters. The molecule has 1 aliphatic rings. The SMILES string of the molecule is CCOc1ccccc1C(N)CN1C(C)CCCC1C. The van der Waals surface area contributed by atoms with Gasteiger partial charge in [0.2, 0.25) is 0 Å². The molecule has 0 aliphatic carbocycles. The second kappa shape index (κ2) is 7.09. The minimum Gasteiger partial charge on any atom is -0.494 e. The van der Waals surface area contributed by atoms with Gasteiger partial charge in [-0.25, -0.2) is 0 Å². The largest absolute Gasteiger partial charge is 0.494 e. The highest BCUT2D eigenvalue weighted by molar-refractivity contribution is 5.36. The topological polar surface area (TPSA) is 38.5 Å². The summed E-state index contributed by atoms with van der Waals surface area (Å²) in [7, 11) is 0. The van der Waals surface area contributed by atoms with Gasteiger partial charge < -0.3 is 10.5 Å². The lowest BCUT2D eigenvalue weighted by molar-refractivity contribution is 0.0957. The van der Waals surface area contributed by atoms with Gasteiger partial charge in [0.15, 0.2) is 0 Å². The van der Waals surface area contributed by atoms with Gasteiger partial charge in [-0.05, 0) is 39.7 Å². The van der Waals surface area contributed by atoms with Gasteiger partial charge in [-0.1, -0.05) is 24.6 Å². The molecule has 0 aromatic heterocycles. The van der Waals surface area contributed by atoms with Crippen molar-refractivity contribution in [3.8, 4) is 5.75 Å². The summed E-state index contributed by atoms with van der Waals surface area (Å²) < 4.78 is 5.70. The van der Waals surface area contributed by atoms with Crippen molar-refractivity contribution in [2.24, 2.45) is 5.73 Å². The van der Waals surface area contributed by atoms with E-state index in [0.717, 1.165) is 17.9 Å². The Labute approximate surface area is 123 Å². The minimum absolute atomic E-state index is 0.0146. The van der Waals surface area contributed by atoms with Crippen molar-refractivity contribution >= 4 is 0 Å². The average molecular weight is 276 g/mol. The second-order valence-electron chi connectivity index (χ2n) is 5.90. The first-order valence-corrected chi connectivity index (χ1v) is 7.86. The van der Waals surface area contributed by atoms with Crippen molar-refractivity contribution in [2.75, 3.05) is 13.2 Å². The molecule has 0 bridgehead atoms. The van der Waals surface area contributed by atoms with Crippen molar-refractivity contribution in [1.29, 1.82) is 0 Å². The van der Waals surface area contributed by atoms with Gasteiger partial charge >= 0.3 is 0 Å². The van der Waals surface area contributed by atoms with E-state index in [0.29, 0.717) is 18.7 Å². The molecule has 1 heterocycles. The predicted octanol–water partition coefficient (Wildman–Crippen LogP) is 3.35. The highest BCUT2D eigenvalue weighted by Crippen LogP contribution is 2.28. The van der Waals surface area contributed by atoms with Gasteiger partial charge in [0.1, 0.15) is 5.75 Å². The second-order valence-corrected chi connectivity index (χ2v) is 5.90. The van der Waals surface area contributed by atoms with Crippen LogP contribution in [0.2, 0.25) is 0 Å². The molecule has 0 saturated carbocycles. The molecule has 1 saturated heterocycles. The molecule has 1 aromatic carbocycles. The lowest BCUT2D eigenvalue weighted by Gasteiger charge is -2.40. The summed E-state index contributed by atoms with van der Waals surface area (Å²) in [5.74, 6) is 0.930. The van der Waals surface area contributed by atoms with Crippen molar-refractivity contribution in [2.45, 2.75) is 58.2 Å². The highest BCUT2D eigenvalue weighted by atomic mass is 16.5. The first kappa shape index (κ1) is 15.3. The number of benzene rings is 1. The Morgan fingerprint density at radius 1 is 1.25 bits per heavy atom. The quantitative estimate of drug-likeness (QED) is 0.896. The molecular weight excluding hydrogens is 248 g/mol. The van der Waals surface area contributed by atoms with Crippen LogP contribution in [0.4, 0.5) is 0 Å². The molecule has 1 fully saturated rings. The maximum atomic E-state index is 6.46.